The van der Waals surface area contributed by atoms with Crippen LogP contribution in [0.25, 0.3) is 0 Å². The molecule has 1 aromatic rings. The lowest BCUT2D eigenvalue weighted by Crippen LogP contribution is -2.35. The van der Waals surface area contributed by atoms with E-state index >= 15 is 0 Å². The fourth-order valence-electron chi connectivity index (χ4n) is 2.87. The number of nitrogens with two attached hydrogens (primary N) is 1. The molecule has 2 rings (SSSR count). The van der Waals surface area contributed by atoms with Gasteiger partial charge >= 0.3 is 0 Å². The molecule has 0 aliphatic heterocycles. The van der Waals surface area contributed by atoms with Crippen molar-refractivity contribution in [2.45, 2.75) is 63.4 Å². The topological polar surface area (TPSA) is 72.2 Å². The van der Waals surface area contributed by atoms with E-state index in [1.54, 1.807) is 0 Å². The Kier molecular flexibility index (Phi) is 5.23. The van der Waals surface area contributed by atoms with Gasteiger partial charge in [0.05, 0.1) is 0 Å². The second-order valence-corrected chi connectivity index (χ2v) is 8.42. The van der Waals surface area contributed by atoms with Gasteiger partial charge in [0, 0.05) is 17.5 Å². The van der Waals surface area contributed by atoms with Crippen molar-refractivity contribution in [3.63, 3.8) is 0 Å². The number of nitrogens with one attached hydrogen (secondary N) is 1. The first-order valence-corrected chi connectivity index (χ1v) is 9.59. The SMILES string of the molecule is Cc1csc(CN)c1S(=O)(=O)NC1CCCC(C)CC1. The van der Waals surface area contributed by atoms with Gasteiger partial charge in [0.2, 0.25) is 10.0 Å². The zero-order valence-electron chi connectivity index (χ0n) is 12.2. The minimum atomic E-state index is -3.44. The van der Waals surface area contributed by atoms with E-state index in [1.807, 2.05) is 12.3 Å². The van der Waals surface area contributed by atoms with Crippen molar-refractivity contribution in [3.05, 3.63) is 15.8 Å². The van der Waals surface area contributed by atoms with E-state index in [4.69, 9.17) is 5.73 Å². The van der Waals surface area contributed by atoms with Gasteiger partial charge < -0.3 is 5.73 Å². The molecular weight excluding hydrogens is 292 g/mol. The lowest BCUT2D eigenvalue weighted by atomic mass is 10.0. The Bertz CT molecular complexity index is 552. The van der Waals surface area contributed by atoms with Gasteiger partial charge in [-0.3, -0.25) is 0 Å². The molecule has 1 aliphatic carbocycles. The smallest absolute Gasteiger partial charge is 0.242 e. The first-order chi connectivity index (χ1) is 9.44. The van der Waals surface area contributed by atoms with Crippen LogP contribution in [0.2, 0.25) is 0 Å². The van der Waals surface area contributed by atoms with Crippen LogP contribution in [0.15, 0.2) is 10.3 Å². The Morgan fingerprint density at radius 1 is 1.35 bits per heavy atom. The predicted molar refractivity (Wildman–Crippen MR) is 83.3 cm³/mol. The van der Waals surface area contributed by atoms with Crippen LogP contribution in [0.4, 0.5) is 0 Å². The molecule has 6 heteroatoms. The van der Waals surface area contributed by atoms with E-state index in [1.165, 1.54) is 17.8 Å². The molecule has 0 amide bonds. The lowest BCUT2D eigenvalue weighted by molar-refractivity contribution is 0.484. The van der Waals surface area contributed by atoms with Gasteiger partial charge in [-0.05, 0) is 43.0 Å². The maximum absolute atomic E-state index is 12.6. The summed E-state index contributed by atoms with van der Waals surface area (Å²) in [5, 5.41) is 1.87. The van der Waals surface area contributed by atoms with Gasteiger partial charge in [0.1, 0.15) is 4.90 Å². The highest BCUT2D eigenvalue weighted by atomic mass is 32.2. The summed E-state index contributed by atoms with van der Waals surface area (Å²) >= 11 is 1.43. The molecular formula is C14H24N2O2S2. The van der Waals surface area contributed by atoms with Gasteiger partial charge in [-0.2, -0.15) is 0 Å². The molecule has 0 spiro atoms. The second-order valence-electron chi connectivity index (χ2n) is 5.81. The van der Waals surface area contributed by atoms with E-state index < -0.39 is 10.0 Å². The Morgan fingerprint density at radius 2 is 2.10 bits per heavy atom. The first-order valence-electron chi connectivity index (χ1n) is 7.23. The van der Waals surface area contributed by atoms with Crippen molar-refractivity contribution < 1.29 is 8.42 Å². The predicted octanol–water partition coefficient (Wildman–Crippen LogP) is 2.76. The molecule has 1 fully saturated rings. The third kappa shape index (κ3) is 3.61. The van der Waals surface area contributed by atoms with Crippen molar-refractivity contribution in [1.82, 2.24) is 4.72 Å². The van der Waals surface area contributed by atoms with Gasteiger partial charge in [-0.15, -0.1) is 11.3 Å². The number of hydrogen-bond donors (Lipinski definition) is 2. The highest BCUT2D eigenvalue weighted by Crippen LogP contribution is 2.28. The van der Waals surface area contributed by atoms with Gasteiger partial charge in [-0.1, -0.05) is 19.8 Å². The van der Waals surface area contributed by atoms with Crippen LogP contribution < -0.4 is 10.5 Å². The molecule has 1 aromatic heterocycles. The molecule has 2 atom stereocenters. The Balaban J connectivity index is 2.16. The molecule has 0 radical (unpaired) electrons. The summed E-state index contributed by atoms with van der Waals surface area (Å²) in [6, 6.07) is 0.0647. The van der Waals surface area contributed by atoms with E-state index in [0.717, 1.165) is 36.1 Å². The molecule has 1 aliphatic rings. The number of sulfonamides is 1. The molecule has 20 heavy (non-hydrogen) atoms. The fourth-order valence-corrected chi connectivity index (χ4v) is 5.88. The zero-order chi connectivity index (χ0) is 14.8. The van der Waals surface area contributed by atoms with Crippen molar-refractivity contribution in [2.24, 2.45) is 11.7 Å². The van der Waals surface area contributed by atoms with Gasteiger partial charge in [0.15, 0.2) is 0 Å². The highest BCUT2D eigenvalue weighted by molar-refractivity contribution is 7.89. The molecule has 3 N–H and O–H groups in total. The molecule has 4 nitrogen and oxygen atoms in total. The van der Waals surface area contributed by atoms with E-state index in [9.17, 15) is 8.42 Å². The Hall–Kier alpha value is -0.430. The summed E-state index contributed by atoms with van der Waals surface area (Å²) in [7, 11) is -3.44. The molecule has 114 valence electrons. The number of hydrogen-bond acceptors (Lipinski definition) is 4. The van der Waals surface area contributed by atoms with E-state index in [2.05, 4.69) is 11.6 Å². The molecule has 1 heterocycles. The zero-order valence-corrected chi connectivity index (χ0v) is 13.8. The fraction of sp³-hybridized carbons (Fsp3) is 0.714. The molecule has 2 unspecified atom stereocenters. The largest absolute Gasteiger partial charge is 0.326 e. The van der Waals surface area contributed by atoms with Crippen molar-refractivity contribution in [1.29, 1.82) is 0 Å². The lowest BCUT2D eigenvalue weighted by Gasteiger charge is -2.17. The number of thiophene rings is 1. The normalized spacial score (nSPS) is 24.6. The molecule has 1 saturated carbocycles. The Morgan fingerprint density at radius 3 is 2.80 bits per heavy atom. The van der Waals surface area contributed by atoms with E-state index in [-0.39, 0.29) is 12.6 Å². The van der Waals surface area contributed by atoms with Crippen LogP contribution in [0.1, 0.15) is 49.5 Å². The summed E-state index contributed by atoms with van der Waals surface area (Å²) in [5.74, 6) is 0.701. The molecule has 0 bridgehead atoms. The van der Waals surface area contributed by atoms with Crippen LogP contribution >= 0.6 is 11.3 Å². The minimum absolute atomic E-state index is 0.0647. The monoisotopic (exact) mass is 316 g/mol. The average molecular weight is 316 g/mol. The maximum Gasteiger partial charge on any atom is 0.242 e. The van der Waals surface area contributed by atoms with Crippen molar-refractivity contribution >= 4 is 21.4 Å². The summed E-state index contributed by atoms with van der Waals surface area (Å²) in [4.78, 5) is 1.15. The molecule has 0 aromatic carbocycles. The van der Waals surface area contributed by atoms with Crippen molar-refractivity contribution in [3.8, 4) is 0 Å². The van der Waals surface area contributed by atoms with Crippen LogP contribution in [0, 0.1) is 12.8 Å². The Labute approximate surface area is 125 Å². The van der Waals surface area contributed by atoms with Gasteiger partial charge in [-0.25, -0.2) is 13.1 Å². The van der Waals surface area contributed by atoms with Crippen LogP contribution in [0.3, 0.4) is 0 Å². The first kappa shape index (κ1) is 15.9. The number of aryl methyl sites for hydroxylation is 1. The minimum Gasteiger partial charge on any atom is -0.326 e. The summed E-state index contributed by atoms with van der Waals surface area (Å²) < 4.78 is 28.1. The summed E-state index contributed by atoms with van der Waals surface area (Å²) in [5.41, 5.74) is 6.45. The maximum atomic E-state index is 12.6. The summed E-state index contributed by atoms with van der Waals surface area (Å²) in [6.07, 6.45) is 5.26. The van der Waals surface area contributed by atoms with Crippen LogP contribution in [-0.2, 0) is 16.6 Å². The average Bonchev–Trinajstić information content (AvgIpc) is 2.66. The number of rotatable bonds is 4. The quantitative estimate of drug-likeness (QED) is 0.839. The van der Waals surface area contributed by atoms with E-state index in [0.29, 0.717) is 10.8 Å². The summed E-state index contributed by atoms with van der Waals surface area (Å²) in [6.45, 7) is 4.35. The van der Waals surface area contributed by atoms with Gasteiger partial charge in [0.25, 0.3) is 0 Å². The third-order valence-electron chi connectivity index (χ3n) is 4.02. The highest BCUT2D eigenvalue weighted by Gasteiger charge is 2.26. The third-order valence-corrected chi connectivity index (χ3v) is 7.03. The van der Waals surface area contributed by atoms with Crippen LogP contribution in [-0.4, -0.2) is 14.5 Å². The second kappa shape index (κ2) is 6.56. The standard InChI is InChI=1S/C14H24N2O2S2/c1-10-4-3-5-12(7-6-10)16-20(17,18)14-11(2)9-19-13(14)8-15/h9-10,12,16H,3-8,15H2,1-2H3. The van der Waals surface area contributed by atoms with Crippen LogP contribution in [0.5, 0.6) is 0 Å². The molecule has 0 saturated heterocycles. The van der Waals surface area contributed by atoms with Crippen molar-refractivity contribution in [2.75, 3.05) is 0 Å².